The molecule has 6 nitrogen and oxygen atoms in total. The average molecular weight is 371 g/mol. The van der Waals surface area contributed by atoms with Crippen LogP contribution in [0.15, 0.2) is 23.0 Å². The lowest BCUT2D eigenvalue weighted by molar-refractivity contribution is -0.140. The van der Waals surface area contributed by atoms with Gasteiger partial charge in [0.15, 0.2) is 0 Å². The molecule has 0 spiro atoms. The minimum Gasteiger partial charge on any atom is -0.466 e. The molecule has 0 saturated carbocycles. The molecular formula is C16H16Cl2N2O4. The first-order chi connectivity index (χ1) is 11.2. The first kappa shape index (κ1) is 18.3. The van der Waals surface area contributed by atoms with Gasteiger partial charge >= 0.3 is 5.97 Å². The number of halogens is 2. The van der Waals surface area contributed by atoms with Crippen LogP contribution in [0, 0.1) is 6.92 Å². The van der Waals surface area contributed by atoms with E-state index in [9.17, 15) is 14.4 Å². The molecule has 0 aliphatic heterocycles. The van der Waals surface area contributed by atoms with Crippen LogP contribution >= 0.6 is 23.2 Å². The minimum absolute atomic E-state index is 0.0642. The van der Waals surface area contributed by atoms with Crippen LogP contribution in [0.5, 0.6) is 0 Å². The highest BCUT2D eigenvalue weighted by Crippen LogP contribution is 2.24. The molecule has 128 valence electrons. The van der Waals surface area contributed by atoms with E-state index < -0.39 is 5.97 Å². The van der Waals surface area contributed by atoms with Gasteiger partial charge in [0.05, 0.1) is 28.0 Å². The molecule has 1 heterocycles. The van der Waals surface area contributed by atoms with Crippen LogP contribution in [0.2, 0.25) is 10.0 Å². The average Bonchev–Trinajstić information content (AvgIpc) is 2.74. The van der Waals surface area contributed by atoms with Gasteiger partial charge in [0.25, 0.3) is 5.56 Å². The lowest BCUT2D eigenvalue weighted by atomic mass is 10.2. The Morgan fingerprint density at radius 3 is 2.38 bits per heavy atom. The van der Waals surface area contributed by atoms with Crippen molar-refractivity contribution in [2.24, 2.45) is 0 Å². The van der Waals surface area contributed by atoms with Gasteiger partial charge in [0.2, 0.25) is 5.91 Å². The van der Waals surface area contributed by atoms with Gasteiger partial charge in [-0.25, -0.2) is 9.36 Å². The van der Waals surface area contributed by atoms with Gasteiger partial charge in [0, 0.05) is 25.8 Å². The quantitative estimate of drug-likeness (QED) is 0.775. The molecule has 24 heavy (non-hydrogen) atoms. The van der Waals surface area contributed by atoms with Crippen molar-refractivity contribution in [3.8, 4) is 5.69 Å². The number of hydrogen-bond donors (Lipinski definition) is 0. The fourth-order valence-electron chi connectivity index (χ4n) is 2.46. The van der Waals surface area contributed by atoms with E-state index in [1.165, 1.54) is 29.3 Å². The summed E-state index contributed by atoms with van der Waals surface area (Å²) in [5.41, 5.74) is 0.947. The van der Waals surface area contributed by atoms with E-state index in [1.54, 1.807) is 19.1 Å². The number of ether oxygens (including phenoxy) is 1. The molecule has 0 N–H and O–H groups in total. The molecule has 2 aromatic rings. The van der Waals surface area contributed by atoms with E-state index >= 15 is 0 Å². The molecule has 0 saturated heterocycles. The van der Waals surface area contributed by atoms with Gasteiger partial charge in [-0.1, -0.05) is 23.2 Å². The molecule has 0 fully saturated rings. The minimum atomic E-state index is -0.427. The lowest BCUT2D eigenvalue weighted by Gasteiger charge is -2.10. The maximum Gasteiger partial charge on any atom is 0.302 e. The predicted molar refractivity (Wildman–Crippen MR) is 91.4 cm³/mol. The van der Waals surface area contributed by atoms with Gasteiger partial charge in [-0.15, -0.1) is 0 Å². The SMILES string of the molecule is CC(=O)OCCc1c(C)n(C(C)=O)n(-c2ccc(Cl)c(Cl)c2)c1=O. The Labute approximate surface area is 148 Å². The number of nitrogens with zero attached hydrogens (tertiary/aromatic N) is 2. The molecule has 0 aliphatic rings. The van der Waals surface area contributed by atoms with Crippen molar-refractivity contribution in [1.29, 1.82) is 0 Å². The molecule has 0 unspecified atom stereocenters. The van der Waals surface area contributed by atoms with Gasteiger partial charge < -0.3 is 4.74 Å². The third-order valence-electron chi connectivity index (χ3n) is 3.51. The number of rotatable bonds is 4. The smallest absolute Gasteiger partial charge is 0.302 e. The Morgan fingerprint density at radius 2 is 1.83 bits per heavy atom. The van der Waals surface area contributed by atoms with Gasteiger partial charge in [0.1, 0.15) is 0 Å². The first-order valence-electron chi connectivity index (χ1n) is 7.17. The third-order valence-corrected chi connectivity index (χ3v) is 4.25. The molecule has 1 aromatic carbocycles. The van der Waals surface area contributed by atoms with E-state index in [-0.39, 0.29) is 29.5 Å². The zero-order valence-corrected chi connectivity index (χ0v) is 14.9. The first-order valence-corrected chi connectivity index (χ1v) is 7.93. The Kier molecular flexibility index (Phi) is 5.51. The highest BCUT2D eigenvalue weighted by Gasteiger charge is 2.21. The highest BCUT2D eigenvalue weighted by molar-refractivity contribution is 6.42. The Bertz CT molecular complexity index is 868. The Morgan fingerprint density at radius 1 is 1.17 bits per heavy atom. The van der Waals surface area contributed by atoms with Crippen molar-refractivity contribution in [2.75, 3.05) is 6.61 Å². The van der Waals surface area contributed by atoms with Crippen LogP contribution in [0.3, 0.4) is 0 Å². The zero-order valence-electron chi connectivity index (χ0n) is 13.4. The van der Waals surface area contributed by atoms with Crippen LogP contribution < -0.4 is 5.56 Å². The lowest BCUT2D eigenvalue weighted by Crippen LogP contribution is -2.25. The monoisotopic (exact) mass is 370 g/mol. The summed E-state index contributed by atoms with van der Waals surface area (Å²) in [7, 11) is 0. The summed E-state index contributed by atoms with van der Waals surface area (Å²) in [6.45, 7) is 4.38. The van der Waals surface area contributed by atoms with E-state index in [0.29, 0.717) is 22.0 Å². The molecule has 0 amide bonds. The summed E-state index contributed by atoms with van der Waals surface area (Å²) in [6.07, 6.45) is 0.214. The maximum absolute atomic E-state index is 12.8. The number of hydrogen-bond acceptors (Lipinski definition) is 4. The van der Waals surface area contributed by atoms with Crippen LogP contribution in [0.4, 0.5) is 0 Å². The van der Waals surface area contributed by atoms with Crippen molar-refractivity contribution in [1.82, 2.24) is 9.36 Å². The number of carbonyl (C=O) groups is 2. The zero-order chi connectivity index (χ0) is 18.0. The Hall–Kier alpha value is -2.05. The molecule has 2 rings (SSSR count). The fraction of sp³-hybridized carbons (Fsp3) is 0.312. The second kappa shape index (κ2) is 7.23. The van der Waals surface area contributed by atoms with Gasteiger partial charge in [-0.3, -0.25) is 14.4 Å². The summed E-state index contributed by atoms with van der Waals surface area (Å²) in [5, 5.41) is 0.623. The summed E-state index contributed by atoms with van der Waals surface area (Å²) in [6, 6.07) is 4.67. The van der Waals surface area contributed by atoms with Crippen LogP contribution in [0.25, 0.3) is 5.69 Å². The summed E-state index contributed by atoms with van der Waals surface area (Å²) in [5.74, 6) is -0.752. The summed E-state index contributed by atoms with van der Waals surface area (Å²) >= 11 is 11.9. The van der Waals surface area contributed by atoms with Crippen LogP contribution in [-0.4, -0.2) is 27.8 Å². The molecule has 0 atom stereocenters. The highest BCUT2D eigenvalue weighted by atomic mass is 35.5. The van der Waals surface area contributed by atoms with Gasteiger partial charge in [-0.2, -0.15) is 0 Å². The van der Waals surface area contributed by atoms with Gasteiger partial charge in [-0.05, 0) is 25.1 Å². The van der Waals surface area contributed by atoms with E-state index in [1.807, 2.05) is 0 Å². The summed E-state index contributed by atoms with van der Waals surface area (Å²) < 4.78 is 7.39. The van der Waals surface area contributed by atoms with Crippen LogP contribution in [-0.2, 0) is 16.0 Å². The number of benzene rings is 1. The van der Waals surface area contributed by atoms with E-state index in [2.05, 4.69) is 0 Å². The molecule has 0 radical (unpaired) electrons. The molecule has 8 heteroatoms. The molecular weight excluding hydrogens is 355 g/mol. The van der Waals surface area contributed by atoms with Crippen molar-refractivity contribution in [2.45, 2.75) is 27.2 Å². The number of carbonyl (C=O) groups excluding carboxylic acids is 2. The van der Waals surface area contributed by atoms with Crippen molar-refractivity contribution < 1.29 is 14.3 Å². The molecule has 0 aliphatic carbocycles. The van der Waals surface area contributed by atoms with Crippen molar-refractivity contribution in [3.05, 3.63) is 49.9 Å². The largest absolute Gasteiger partial charge is 0.466 e. The van der Waals surface area contributed by atoms with Crippen molar-refractivity contribution in [3.63, 3.8) is 0 Å². The third kappa shape index (κ3) is 3.55. The fourth-order valence-corrected chi connectivity index (χ4v) is 2.75. The van der Waals surface area contributed by atoms with E-state index in [0.717, 1.165) is 0 Å². The normalized spacial score (nSPS) is 10.7. The summed E-state index contributed by atoms with van der Waals surface area (Å²) in [4.78, 5) is 35.7. The number of esters is 1. The second-order valence-corrected chi connectivity index (χ2v) is 6.01. The molecule has 1 aromatic heterocycles. The number of aromatic nitrogens is 2. The van der Waals surface area contributed by atoms with Crippen molar-refractivity contribution >= 4 is 35.1 Å². The van der Waals surface area contributed by atoms with E-state index in [4.69, 9.17) is 27.9 Å². The molecule has 0 bridgehead atoms. The Balaban J connectivity index is 2.58. The topological polar surface area (TPSA) is 70.3 Å². The second-order valence-electron chi connectivity index (χ2n) is 5.20. The predicted octanol–water partition coefficient (Wildman–Crippen LogP) is 3.02. The standard InChI is InChI=1S/C16H16Cl2N2O4/c1-9-13(6-7-24-11(3)22)16(23)20(19(9)10(2)21)12-4-5-14(17)15(18)8-12/h4-5,8H,6-7H2,1-3H3. The van der Waals surface area contributed by atoms with Crippen LogP contribution in [0.1, 0.15) is 29.9 Å². The maximum atomic E-state index is 12.8.